The van der Waals surface area contributed by atoms with Crippen LogP contribution in [0.25, 0.3) is 16.2 Å². The van der Waals surface area contributed by atoms with E-state index >= 15 is 0 Å². The molecule has 0 unspecified atom stereocenters. The van der Waals surface area contributed by atoms with Crippen molar-refractivity contribution in [2.75, 3.05) is 0 Å². The van der Waals surface area contributed by atoms with Crippen LogP contribution in [0.3, 0.4) is 0 Å². The first-order valence-corrected chi connectivity index (χ1v) is 5.71. The predicted molar refractivity (Wildman–Crippen MR) is 59.1 cm³/mol. The predicted octanol–water partition coefficient (Wildman–Crippen LogP) is 2.36. The number of hydrogen-bond donors (Lipinski definition) is 0. The lowest BCUT2D eigenvalue weighted by Gasteiger charge is -1.95. The Morgan fingerprint density at radius 2 is 2.20 bits per heavy atom. The Labute approximate surface area is 90.0 Å². The summed E-state index contributed by atoms with van der Waals surface area (Å²) in [6.07, 6.45) is 0.955. The van der Waals surface area contributed by atoms with Gasteiger partial charge in [-0.2, -0.15) is 5.10 Å². The third kappa shape index (κ3) is 0.849. The summed E-state index contributed by atoms with van der Waals surface area (Å²) in [7, 11) is 0. The van der Waals surface area contributed by atoms with Crippen molar-refractivity contribution >= 4 is 16.3 Å². The Morgan fingerprint density at radius 1 is 1.27 bits per heavy atom. The molecule has 0 spiro atoms. The average molecular weight is 213 g/mol. The van der Waals surface area contributed by atoms with E-state index in [1.54, 1.807) is 11.3 Å². The molecule has 4 heteroatoms. The molecule has 0 saturated heterocycles. The van der Waals surface area contributed by atoms with Crippen LogP contribution in [0.5, 0.6) is 0 Å². The summed E-state index contributed by atoms with van der Waals surface area (Å²) in [5.74, 6) is 0. The van der Waals surface area contributed by atoms with Gasteiger partial charge in [-0.25, -0.2) is 9.50 Å². The second-order valence-electron chi connectivity index (χ2n) is 3.67. The normalized spacial score (nSPS) is 13.1. The van der Waals surface area contributed by atoms with Crippen LogP contribution in [-0.2, 0) is 6.42 Å². The van der Waals surface area contributed by atoms with E-state index in [0.717, 1.165) is 17.1 Å². The maximum absolute atomic E-state index is 4.61. The first-order chi connectivity index (χ1) is 7.43. The molecular formula is C11H7N3S. The SMILES string of the molecule is c1ccc2c(c1)Cc1c-2nc2scnn12. The van der Waals surface area contributed by atoms with Gasteiger partial charge in [0.05, 0.1) is 11.4 Å². The second-order valence-corrected chi connectivity index (χ2v) is 4.49. The zero-order valence-corrected chi connectivity index (χ0v) is 8.66. The van der Waals surface area contributed by atoms with Crippen molar-refractivity contribution in [2.24, 2.45) is 0 Å². The third-order valence-electron chi connectivity index (χ3n) is 2.87. The largest absolute Gasteiger partial charge is 0.217 e. The van der Waals surface area contributed by atoms with Crippen molar-refractivity contribution in [3.05, 3.63) is 41.0 Å². The van der Waals surface area contributed by atoms with Crippen LogP contribution in [0.15, 0.2) is 29.8 Å². The van der Waals surface area contributed by atoms with Gasteiger partial charge in [0.1, 0.15) is 5.51 Å². The van der Waals surface area contributed by atoms with E-state index in [9.17, 15) is 0 Å². The molecule has 15 heavy (non-hydrogen) atoms. The molecule has 0 radical (unpaired) electrons. The second kappa shape index (κ2) is 2.46. The highest BCUT2D eigenvalue weighted by atomic mass is 32.1. The minimum Gasteiger partial charge on any atom is -0.217 e. The number of imidazole rings is 1. The molecule has 0 N–H and O–H groups in total. The highest BCUT2D eigenvalue weighted by molar-refractivity contribution is 7.14. The highest BCUT2D eigenvalue weighted by Gasteiger charge is 2.24. The van der Waals surface area contributed by atoms with E-state index < -0.39 is 0 Å². The fourth-order valence-corrected chi connectivity index (χ4v) is 2.83. The lowest BCUT2D eigenvalue weighted by molar-refractivity contribution is 0.907. The van der Waals surface area contributed by atoms with E-state index in [4.69, 9.17) is 0 Å². The molecule has 1 aliphatic carbocycles. The van der Waals surface area contributed by atoms with Crippen LogP contribution in [0.4, 0.5) is 0 Å². The average Bonchev–Trinajstić information content (AvgIpc) is 2.87. The fraction of sp³-hybridized carbons (Fsp3) is 0.0909. The topological polar surface area (TPSA) is 30.2 Å². The fourth-order valence-electron chi connectivity index (χ4n) is 2.20. The molecule has 72 valence electrons. The quantitative estimate of drug-likeness (QED) is 0.449. The Balaban J connectivity index is 2.13. The van der Waals surface area contributed by atoms with Crippen LogP contribution in [0, 0.1) is 0 Å². The van der Waals surface area contributed by atoms with Crippen LogP contribution in [0.2, 0.25) is 0 Å². The number of hydrogen-bond acceptors (Lipinski definition) is 3. The van der Waals surface area contributed by atoms with Crippen molar-refractivity contribution in [3.8, 4) is 11.3 Å². The number of nitrogens with zero attached hydrogens (tertiary/aromatic N) is 3. The minimum atomic E-state index is 0.955. The summed E-state index contributed by atoms with van der Waals surface area (Å²) >= 11 is 1.59. The van der Waals surface area contributed by atoms with Gasteiger partial charge in [0.15, 0.2) is 0 Å². The molecule has 0 atom stereocenters. The standard InChI is InChI=1S/C11H7N3S/c1-2-4-8-7(3-1)5-9-10(8)13-11-14(9)12-6-15-11/h1-4,6H,5H2. The molecule has 4 rings (SSSR count). The van der Waals surface area contributed by atoms with E-state index in [0.29, 0.717) is 0 Å². The van der Waals surface area contributed by atoms with Crippen LogP contribution in [0.1, 0.15) is 11.3 Å². The molecular weight excluding hydrogens is 206 g/mol. The summed E-state index contributed by atoms with van der Waals surface area (Å²) in [6, 6.07) is 8.44. The van der Waals surface area contributed by atoms with E-state index in [1.165, 1.54) is 16.8 Å². The van der Waals surface area contributed by atoms with Gasteiger partial charge in [0.25, 0.3) is 0 Å². The molecule has 0 amide bonds. The molecule has 0 fully saturated rings. The summed E-state index contributed by atoms with van der Waals surface area (Å²) < 4.78 is 1.96. The monoisotopic (exact) mass is 213 g/mol. The number of fused-ring (bicyclic) bond motifs is 5. The Hall–Kier alpha value is -1.68. The van der Waals surface area contributed by atoms with Gasteiger partial charge in [-0.1, -0.05) is 35.6 Å². The van der Waals surface area contributed by atoms with Crippen molar-refractivity contribution in [3.63, 3.8) is 0 Å². The van der Waals surface area contributed by atoms with Gasteiger partial charge in [-0.05, 0) is 5.56 Å². The van der Waals surface area contributed by atoms with Crippen molar-refractivity contribution in [1.82, 2.24) is 14.6 Å². The molecule has 3 aromatic rings. The molecule has 2 aromatic heterocycles. The van der Waals surface area contributed by atoms with Crippen molar-refractivity contribution in [2.45, 2.75) is 6.42 Å². The number of aromatic nitrogens is 3. The summed E-state index contributed by atoms with van der Waals surface area (Å²) in [6.45, 7) is 0. The molecule has 3 nitrogen and oxygen atoms in total. The molecule has 1 aliphatic rings. The summed E-state index contributed by atoms with van der Waals surface area (Å²) in [5.41, 5.74) is 6.81. The Morgan fingerprint density at radius 3 is 3.20 bits per heavy atom. The van der Waals surface area contributed by atoms with Gasteiger partial charge < -0.3 is 0 Å². The van der Waals surface area contributed by atoms with Gasteiger partial charge in [0, 0.05) is 12.0 Å². The third-order valence-corrected chi connectivity index (χ3v) is 3.54. The number of benzene rings is 1. The van der Waals surface area contributed by atoms with Crippen molar-refractivity contribution in [1.29, 1.82) is 0 Å². The minimum absolute atomic E-state index is 0.955. The van der Waals surface area contributed by atoms with Gasteiger partial charge in [0.2, 0.25) is 4.96 Å². The zero-order chi connectivity index (χ0) is 9.83. The molecule has 2 heterocycles. The van der Waals surface area contributed by atoms with Crippen molar-refractivity contribution < 1.29 is 0 Å². The lowest BCUT2D eigenvalue weighted by atomic mass is 10.1. The lowest BCUT2D eigenvalue weighted by Crippen LogP contribution is -1.90. The maximum atomic E-state index is 4.61. The summed E-state index contributed by atoms with van der Waals surface area (Å²) in [4.78, 5) is 5.61. The van der Waals surface area contributed by atoms with E-state index in [-0.39, 0.29) is 0 Å². The summed E-state index contributed by atoms with van der Waals surface area (Å²) in [5, 5.41) is 4.31. The van der Waals surface area contributed by atoms with E-state index in [1.807, 2.05) is 10.0 Å². The zero-order valence-electron chi connectivity index (χ0n) is 7.84. The van der Waals surface area contributed by atoms with Gasteiger partial charge in [-0.3, -0.25) is 0 Å². The molecule has 1 aromatic carbocycles. The molecule has 0 bridgehead atoms. The Kier molecular flexibility index (Phi) is 1.25. The number of rotatable bonds is 0. The smallest absolute Gasteiger partial charge is 0.212 e. The molecule has 0 saturated carbocycles. The molecule has 0 aliphatic heterocycles. The van der Waals surface area contributed by atoms with Crippen LogP contribution >= 0.6 is 11.3 Å². The van der Waals surface area contributed by atoms with Crippen LogP contribution in [-0.4, -0.2) is 14.6 Å². The maximum Gasteiger partial charge on any atom is 0.212 e. The van der Waals surface area contributed by atoms with E-state index in [2.05, 4.69) is 34.3 Å². The van der Waals surface area contributed by atoms with Crippen LogP contribution < -0.4 is 0 Å². The van der Waals surface area contributed by atoms with Gasteiger partial charge >= 0.3 is 0 Å². The first kappa shape index (κ1) is 7.59. The Bertz CT molecular complexity index is 665. The first-order valence-electron chi connectivity index (χ1n) is 4.83. The highest BCUT2D eigenvalue weighted by Crippen LogP contribution is 2.36. The van der Waals surface area contributed by atoms with Gasteiger partial charge in [-0.15, -0.1) is 0 Å².